The predicted octanol–water partition coefficient (Wildman–Crippen LogP) is 13.7. The first-order valence-corrected chi connectivity index (χ1v) is 22.7. The highest BCUT2D eigenvalue weighted by Gasteiger charge is 2.88. The van der Waals surface area contributed by atoms with E-state index >= 15 is 0 Å². The summed E-state index contributed by atoms with van der Waals surface area (Å²) >= 11 is 0. The summed E-state index contributed by atoms with van der Waals surface area (Å²) < 4.78 is 373. The Hall–Kier alpha value is -2.18. The number of allylic oxidation sites excluding steroid dienone is 1. The maximum atomic E-state index is 14.1. The Bertz CT molecular complexity index is 1520. The van der Waals surface area contributed by atoms with Crippen molar-refractivity contribution in [1.82, 2.24) is 0 Å². The van der Waals surface area contributed by atoms with E-state index < -0.39 is 121 Å². The molecule has 5 nitrogen and oxygen atoms in total. The van der Waals surface area contributed by atoms with E-state index in [4.69, 9.17) is 0 Å². The lowest BCUT2D eigenvalue weighted by Crippen LogP contribution is -2.68. The minimum Gasteiger partial charge on any atom is -0.248 e. The summed E-state index contributed by atoms with van der Waals surface area (Å²) in [5.74, 6) is -31.8. The van der Waals surface area contributed by atoms with Gasteiger partial charge >= 0.3 is 78.9 Å². The van der Waals surface area contributed by atoms with Gasteiger partial charge in [0.05, 0.1) is 16.1 Å². The van der Waals surface area contributed by atoms with E-state index in [1.807, 2.05) is 36.6 Å². The van der Waals surface area contributed by atoms with E-state index in [-0.39, 0.29) is 6.42 Å². The Kier molecular flexibility index (Phi) is 17.9. The number of unbranched alkanes of at least 4 members (excludes halogenated alkanes) is 2. The van der Waals surface area contributed by atoms with Crippen LogP contribution in [0.3, 0.4) is 0 Å². The molecule has 370 valence electrons. The smallest absolute Gasteiger partial charge is 0.248 e. The van der Waals surface area contributed by atoms with Crippen molar-refractivity contribution in [2.45, 2.75) is 143 Å². The van der Waals surface area contributed by atoms with Crippen LogP contribution in [0, 0.1) is 0 Å². The number of rotatable bonds is 28. The number of hydrogen-bond donors (Lipinski definition) is 0. The van der Waals surface area contributed by atoms with Gasteiger partial charge in [0.1, 0.15) is 0 Å². The van der Waals surface area contributed by atoms with Gasteiger partial charge in [-0.1, -0.05) is 50.1 Å². The van der Waals surface area contributed by atoms with Crippen LogP contribution < -0.4 is 0 Å². The van der Waals surface area contributed by atoms with E-state index in [1.165, 1.54) is 10.8 Å². The van der Waals surface area contributed by atoms with Gasteiger partial charge in [-0.15, -0.1) is 21.1 Å². The molecule has 0 saturated carbocycles. The molecule has 0 N–H and O–H groups in total. The highest BCUT2D eigenvalue weighted by molar-refractivity contribution is 6.87. The molecule has 0 aromatic heterocycles. The van der Waals surface area contributed by atoms with Crippen LogP contribution in [0.4, 0.5) is 119 Å². The molecule has 0 heterocycles. The average molecular weight is 1020 g/mol. The molecule has 0 saturated heterocycles. The molecule has 0 bridgehead atoms. The Balaban J connectivity index is 6.08. The third-order valence-electron chi connectivity index (χ3n) is 7.71. The second-order valence-corrected chi connectivity index (χ2v) is 23.8. The van der Waals surface area contributed by atoms with Crippen LogP contribution in [0.15, 0.2) is 24.1 Å². The van der Waals surface area contributed by atoms with Crippen molar-refractivity contribution in [3.8, 4) is 0 Å². The maximum absolute atomic E-state index is 14.1. The normalized spacial score (nSPS) is 16.1. The first-order chi connectivity index (χ1) is 26.8. The zero-order valence-corrected chi connectivity index (χ0v) is 33.1. The molecule has 0 amide bonds. The summed E-state index contributed by atoms with van der Waals surface area (Å²) in [6.45, 7) is 7.92. The van der Waals surface area contributed by atoms with Gasteiger partial charge in [0.2, 0.25) is 0 Å². The minimum absolute atomic E-state index is 0.0882. The first-order valence-electron chi connectivity index (χ1n) is 16.1. The summed E-state index contributed by atoms with van der Waals surface area (Å²) in [6.07, 6.45) is -72.2. The number of hydrogen-bond acceptors (Lipinski definition) is 5. The van der Waals surface area contributed by atoms with Crippen LogP contribution in [0.1, 0.15) is 25.7 Å². The molecule has 0 aliphatic heterocycles. The zero-order chi connectivity index (χ0) is 50.1. The topological polar surface area (TPSA) is 46.2 Å². The second kappa shape index (κ2) is 18.6. The standard InChI is InChI=1S/C28H31F27O5Si2/c1-6-61(2,3)13-14-62(4,5)12-10-8-7-9-11-16(30,31)21(40,41)59-28(54,55)60-27(52,53)26(50,51)58-25(48,49)20(38,39)24(46,47)57-23(44,45)19(36,37)18(34,35)22(42,43)56-17(32,33)15-29/h6,10,12H,1,7-9,11,13-15H2,2-5H3/b12-10+. The van der Waals surface area contributed by atoms with Gasteiger partial charge in [0.15, 0.2) is 6.67 Å². The molecule has 0 aromatic carbocycles. The number of alkyl halides is 27. The molecule has 0 rings (SSSR count). The van der Waals surface area contributed by atoms with Gasteiger partial charge in [0, 0.05) is 6.42 Å². The fourth-order valence-corrected chi connectivity index (χ4v) is 10.2. The summed E-state index contributed by atoms with van der Waals surface area (Å²) in [5.41, 5.74) is 3.59. The molecule has 0 atom stereocenters. The van der Waals surface area contributed by atoms with E-state index in [0.29, 0.717) is 0 Å². The van der Waals surface area contributed by atoms with Crippen LogP contribution in [-0.4, -0.2) is 102 Å². The Morgan fingerprint density at radius 2 is 0.790 bits per heavy atom. The molecule has 0 aliphatic rings. The van der Waals surface area contributed by atoms with Gasteiger partial charge < -0.3 is 0 Å². The summed E-state index contributed by atoms with van der Waals surface area (Å²) in [7, 11) is -3.73. The Morgan fingerprint density at radius 3 is 1.21 bits per heavy atom. The van der Waals surface area contributed by atoms with Crippen LogP contribution in [-0.2, 0) is 23.7 Å². The second-order valence-electron chi connectivity index (χ2n) is 14.1. The summed E-state index contributed by atoms with van der Waals surface area (Å²) in [6, 6.07) is 1.58. The molecular formula is C28H31F27O5Si2. The molecule has 0 spiro atoms. The summed E-state index contributed by atoms with van der Waals surface area (Å²) in [5, 5.41) is 0. The molecule has 0 aromatic rings. The van der Waals surface area contributed by atoms with Gasteiger partial charge in [-0.25, -0.2) is 28.1 Å². The van der Waals surface area contributed by atoms with Crippen molar-refractivity contribution < 1.29 is 142 Å². The van der Waals surface area contributed by atoms with Gasteiger partial charge in [-0.05, 0) is 19.3 Å². The monoisotopic (exact) mass is 1020 g/mol. The highest BCUT2D eigenvalue weighted by atomic mass is 28.3. The minimum atomic E-state index is -8.75. The molecule has 0 aliphatic carbocycles. The SMILES string of the molecule is C=C[Si](C)(C)CC[Si](C)(C)/C=C/CCCCC(F)(F)C(F)(F)OC(F)(F)OC(F)(F)C(F)(F)OC(F)(F)C(F)(F)C(F)(F)OC(F)(F)C(F)(F)C(F)(F)C(F)(F)OC(F)(F)CF. The average Bonchev–Trinajstić information content (AvgIpc) is 3.02. The van der Waals surface area contributed by atoms with Gasteiger partial charge in [0.25, 0.3) is 0 Å². The third-order valence-corrected chi connectivity index (χ3v) is 13.5. The van der Waals surface area contributed by atoms with Crippen molar-refractivity contribution in [1.29, 1.82) is 0 Å². The molecular weight excluding hydrogens is 985 g/mol. The lowest BCUT2D eigenvalue weighted by atomic mass is 10.1. The fourth-order valence-electron chi connectivity index (χ4n) is 3.83. The van der Waals surface area contributed by atoms with E-state index in [0.717, 1.165) is 16.8 Å². The third kappa shape index (κ3) is 14.2. The quantitative estimate of drug-likeness (QED) is 0.0338. The van der Waals surface area contributed by atoms with Gasteiger partial charge in [-0.2, -0.15) is 105 Å². The van der Waals surface area contributed by atoms with Crippen LogP contribution >= 0.6 is 0 Å². The van der Waals surface area contributed by atoms with Gasteiger partial charge in [-0.3, -0.25) is 0 Å². The summed E-state index contributed by atoms with van der Waals surface area (Å²) in [4.78, 5) is 0. The van der Waals surface area contributed by atoms with Crippen molar-refractivity contribution in [3.05, 3.63) is 24.1 Å². The first kappa shape index (κ1) is 59.8. The van der Waals surface area contributed by atoms with E-state index in [1.54, 1.807) is 15.2 Å². The van der Waals surface area contributed by atoms with Crippen molar-refractivity contribution in [2.75, 3.05) is 6.67 Å². The van der Waals surface area contributed by atoms with Crippen molar-refractivity contribution >= 4 is 16.1 Å². The highest BCUT2D eigenvalue weighted by Crippen LogP contribution is 2.59. The fraction of sp³-hybridized carbons (Fsp3) is 0.857. The maximum Gasteiger partial charge on any atom is 0.495 e. The van der Waals surface area contributed by atoms with E-state index in [9.17, 15) is 119 Å². The van der Waals surface area contributed by atoms with Crippen LogP contribution in [0.25, 0.3) is 0 Å². The zero-order valence-electron chi connectivity index (χ0n) is 31.1. The largest absolute Gasteiger partial charge is 0.495 e. The van der Waals surface area contributed by atoms with Crippen LogP contribution in [0.2, 0.25) is 38.3 Å². The molecule has 62 heavy (non-hydrogen) atoms. The molecule has 0 radical (unpaired) electrons. The predicted molar refractivity (Wildman–Crippen MR) is 158 cm³/mol. The van der Waals surface area contributed by atoms with E-state index in [2.05, 4.69) is 6.58 Å². The number of ether oxygens (including phenoxy) is 5. The van der Waals surface area contributed by atoms with Crippen molar-refractivity contribution in [3.63, 3.8) is 0 Å². The Morgan fingerprint density at radius 1 is 0.435 bits per heavy atom. The molecule has 0 fully saturated rings. The molecule has 0 unspecified atom stereocenters. The number of halogens is 27. The van der Waals surface area contributed by atoms with Crippen LogP contribution in [0.5, 0.6) is 0 Å². The Labute approximate surface area is 332 Å². The van der Waals surface area contributed by atoms with Crippen molar-refractivity contribution in [2.24, 2.45) is 0 Å². The lowest BCUT2D eigenvalue weighted by molar-refractivity contribution is -0.588. The lowest BCUT2D eigenvalue weighted by Gasteiger charge is -2.39. The molecule has 34 heteroatoms.